The van der Waals surface area contributed by atoms with Crippen LogP contribution in [0.3, 0.4) is 0 Å². The highest BCUT2D eigenvalue weighted by atomic mass is 35.5. The number of carbonyl (C=O) groups excluding carboxylic acids is 1. The van der Waals surface area contributed by atoms with Gasteiger partial charge in [0.2, 0.25) is 5.88 Å². The van der Waals surface area contributed by atoms with E-state index in [1.165, 1.54) is 6.20 Å². The van der Waals surface area contributed by atoms with Gasteiger partial charge in [-0.3, -0.25) is 0 Å². The molecule has 76 valence electrons. The molecule has 0 amide bonds. The zero-order chi connectivity index (χ0) is 10.6. The summed E-state index contributed by atoms with van der Waals surface area (Å²) in [6, 6.07) is 3.37. The van der Waals surface area contributed by atoms with Crippen molar-refractivity contribution in [2.45, 2.75) is 20.0 Å². The molecule has 2 atom stereocenters. The first-order valence-corrected chi connectivity index (χ1v) is 4.75. The molecule has 0 N–H and O–H groups in total. The van der Waals surface area contributed by atoms with E-state index in [0.717, 1.165) is 6.29 Å². The number of aldehydes is 1. The fourth-order valence-electron chi connectivity index (χ4n) is 0.840. The predicted octanol–water partition coefficient (Wildman–Crippen LogP) is 2.34. The Labute approximate surface area is 88.1 Å². The van der Waals surface area contributed by atoms with E-state index in [2.05, 4.69) is 4.98 Å². The van der Waals surface area contributed by atoms with Crippen molar-refractivity contribution in [1.82, 2.24) is 4.98 Å². The molecule has 3 nitrogen and oxygen atoms in total. The summed E-state index contributed by atoms with van der Waals surface area (Å²) in [6.07, 6.45) is 2.19. The number of hydrogen-bond acceptors (Lipinski definition) is 3. The second-order valence-electron chi connectivity index (χ2n) is 3.13. The van der Waals surface area contributed by atoms with Crippen molar-refractivity contribution in [3.8, 4) is 5.88 Å². The summed E-state index contributed by atoms with van der Waals surface area (Å²) < 4.78 is 5.42. The maximum atomic E-state index is 10.5. The molecular weight excluding hydrogens is 202 g/mol. The van der Waals surface area contributed by atoms with Gasteiger partial charge in [-0.1, -0.05) is 18.5 Å². The fourth-order valence-corrected chi connectivity index (χ4v) is 0.952. The summed E-state index contributed by atoms with van der Waals surface area (Å²) >= 11 is 5.66. The molecule has 0 bridgehead atoms. The molecule has 1 aromatic rings. The number of carbonyl (C=O) groups is 1. The number of ether oxygens (including phenoxy) is 1. The summed E-state index contributed by atoms with van der Waals surface area (Å²) in [6.45, 7) is 3.63. The second kappa shape index (κ2) is 4.96. The maximum absolute atomic E-state index is 10.5. The summed E-state index contributed by atoms with van der Waals surface area (Å²) in [7, 11) is 0. The summed E-state index contributed by atoms with van der Waals surface area (Å²) in [5.41, 5.74) is 0. The summed E-state index contributed by atoms with van der Waals surface area (Å²) in [5.74, 6) is 0.336. The zero-order valence-electron chi connectivity index (χ0n) is 8.11. The zero-order valence-corrected chi connectivity index (χ0v) is 8.86. The van der Waals surface area contributed by atoms with Crippen LogP contribution in [0.2, 0.25) is 5.02 Å². The van der Waals surface area contributed by atoms with Gasteiger partial charge >= 0.3 is 0 Å². The molecule has 0 aliphatic rings. The molecule has 0 saturated heterocycles. The van der Waals surface area contributed by atoms with E-state index in [9.17, 15) is 4.79 Å². The van der Waals surface area contributed by atoms with E-state index in [4.69, 9.17) is 16.3 Å². The molecule has 0 aliphatic heterocycles. The molecule has 14 heavy (non-hydrogen) atoms. The van der Waals surface area contributed by atoms with Gasteiger partial charge in [0.05, 0.1) is 5.02 Å². The largest absolute Gasteiger partial charge is 0.474 e. The van der Waals surface area contributed by atoms with Gasteiger partial charge in [0.15, 0.2) is 0 Å². The predicted molar refractivity (Wildman–Crippen MR) is 54.6 cm³/mol. The second-order valence-corrected chi connectivity index (χ2v) is 3.57. The summed E-state index contributed by atoms with van der Waals surface area (Å²) in [5, 5.41) is 0.563. The SMILES string of the molecule is CC(Oc1ccc(Cl)cn1)[C@H](C)C=O. The minimum absolute atomic E-state index is 0.146. The van der Waals surface area contributed by atoms with Gasteiger partial charge in [0.25, 0.3) is 0 Å². The van der Waals surface area contributed by atoms with Crippen molar-refractivity contribution in [3.63, 3.8) is 0 Å². The van der Waals surface area contributed by atoms with Crippen molar-refractivity contribution in [1.29, 1.82) is 0 Å². The van der Waals surface area contributed by atoms with Crippen LogP contribution in [-0.2, 0) is 4.79 Å². The number of halogens is 1. The molecule has 0 radical (unpaired) electrons. The average molecular weight is 214 g/mol. The van der Waals surface area contributed by atoms with E-state index in [1.54, 1.807) is 19.1 Å². The van der Waals surface area contributed by atoms with Crippen molar-refractivity contribution in [2.75, 3.05) is 0 Å². The van der Waals surface area contributed by atoms with E-state index in [0.29, 0.717) is 10.9 Å². The molecule has 0 saturated carbocycles. The third kappa shape index (κ3) is 3.00. The Morgan fingerprint density at radius 3 is 2.71 bits per heavy atom. The van der Waals surface area contributed by atoms with Crippen molar-refractivity contribution in [2.24, 2.45) is 5.92 Å². The molecular formula is C10H12ClNO2. The molecule has 1 aromatic heterocycles. The number of pyridine rings is 1. The third-order valence-electron chi connectivity index (χ3n) is 1.96. The van der Waals surface area contributed by atoms with Crippen molar-refractivity contribution >= 4 is 17.9 Å². The minimum Gasteiger partial charge on any atom is -0.474 e. The minimum atomic E-state index is -0.179. The lowest BCUT2D eigenvalue weighted by Gasteiger charge is -2.15. The van der Waals surface area contributed by atoms with Gasteiger partial charge in [0.1, 0.15) is 12.4 Å². The molecule has 0 fully saturated rings. The quantitative estimate of drug-likeness (QED) is 0.721. The van der Waals surface area contributed by atoms with Crippen LogP contribution in [0.1, 0.15) is 13.8 Å². The number of aromatic nitrogens is 1. The Hall–Kier alpha value is -1.09. The van der Waals surface area contributed by atoms with Crippen LogP contribution < -0.4 is 4.74 Å². The van der Waals surface area contributed by atoms with Crippen LogP contribution in [-0.4, -0.2) is 17.4 Å². The van der Waals surface area contributed by atoms with Crippen molar-refractivity contribution < 1.29 is 9.53 Å². The van der Waals surface area contributed by atoms with Gasteiger partial charge in [-0.05, 0) is 13.0 Å². The lowest BCUT2D eigenvalue weighted by molar-refractivity contribution is -0.112. The maximum Gasteiger partial charge on any atom is 0.213 e. The fraction of sp³-hybridized carbons (Fsp3) is 0.400. The highest BCUT2D eigenvalue weighted by Gasteiger charge is 2.12. The highest BCUT2D eigenvalue weighted by molar-refractivity contribution is 6.30. The lowest BCUT2D eigenvalue weighted by Crippen LogP contribution is -2.22. The van der Waals surface area contributed by atoms with Crippen LogP contribution >= 0.6 is 11.6 Å². The molecule has 1 rings (SSSR count). The van der Waals surface area contributed by atoms with Crippen LogP contribution in [0.4, 0.5) is 0 Å². The molecule has 1 heterocycles. The highest BCUT2D eigenvalue weighted by Crippen LogP contribution is 2.14. The van der Waals surface area contributed by atoms with Gasteiger partial charge in [-0.15, -0.1) is 0 Å². The molecule has 0 aliphatic carbocycles. The molecule has 0 aromatic carbocycles. The van der Waals surface area contributed by atoms with Gasteiger partial charge < -0.3 is 9.53 Å². The molecule has 1 unspecified atom stereocenters. The Morgan fingerprint density at radius 2 is 2.21 bits per heavy atom. The molecule has 0 spiro atoms. The van der Waals surface area contributed by atoms with E-state index >= 15 is 0 Å². The Balaban J connectivity index is 2.60. The van der Waals surface area contributed by atoms with Crippen LogP contribution in [0.25, 0.3) is 0 Å². The molecule has 4 heteroatoms. The third-order valence-corrected chi connectivity index (χ3v) is 2.19. The van der Waals surface area contributed by atoms with Crippen molar-refractivity contribution in [3.05, 3.63) is 23.4 Å². The van der Waals surface area contributed by atoms with Gasteiger partial charge in [-0.2, -0.15) is 0 Å². The number of nitrogens with zero attached hydrogens (tertiary/aromatic N) is 1. The van der Waals surface area contributed by atoms with Crippen LogP contribution in [0, 0.1) is 5.92 Å². The van der Waals surface area contributed by atoms with E-state index in [1.807, 2.05) is 6.92 Å². The number of hydrogen-bond donors (Lipinski definition) is 0. The first kappa shape index (κ1) is 11.0. The van der Waals surface area contributed by atoms with E-state index < -0.39 is 0 Å². The average Bonchev–Trinajstić information content (AvgIpc) is 2.20. The van der Waals surface area contributed by atoms with Gasteiger partial charge in [-0.25, -0.2) is 4.98 Å². The van der Waals surface area contributed by atoms with Crippen LogP contribution in [0.5, 0.6) is 5.88 Å². The topological polar surface area (TPSA) is 39.2 Å². The smallest absolute Gasteiger partial charge is 0.213 e. The van der Waals surface area contributed by atoms with E-state index in [-0.39, 0.29) is 12.0 Å². The lowest BCUT2D eigenvalue weighted by atomic mass is 10.1. The Morgan fingerprint density at radius 1 is 1.50 bits per heavy atom. The normalized spacial score (nSPS) is 14.5. The Kier molecular flexibility index (Phi) is 3.89. The van der Waals surface area contributed by atoms with Crippen LogP contribution in [0.15, 0.2) is 18.3 Å². The standard InChI is InChI=1S/C10H12ClNO2/c1-7(6-13)8(2)14-10-4-3-9(11)5-12-10/h3-8H,1-2H3/t7-,8?/m1/s1. The monoisotopic (exact) mass is 213 g/mol. The van der Waals surface area contributed by atoms with Gasteiger partial charge in [0, 0.05) is 18.2 Å². The Bertz CT molecular complexity index is 299. The summed E-state index contributed by atoms with van der Waals surface area (Å²) in [4.78, 5) is 14.4. The number of rotatable bonds is 4. The first-order valence-electron chi connectivity index (χ1n) is 4.37. The first-order chi connectivity index (χ1) is 6.63.